The molecule has 5 aliphatic heterocycles. The van der Waals surface area contributed by atoms with Crippen molar-refractivity contribution in [1.82, 2.24) is 42.5 Å². The van der Waals surface area contributed by atoms with Gasteiger partial charge in [0.05, 0.1) is 49.3 Å². The van der Waals surface area contributed by atoms with Crippen LogP contribution < -0.4 is 42.5 Å². The van der Waals surface area contributed by atoms with Gasteiger partial charge in [0.2, 0.25) is 0 Å². The number of fused-ring (bicyclic) bond motifs is 20. The van der Waals surface area contributed by atoms with Crippen LogP contribution in [0.5, 0.6) is 0 Å². The van der Waals surface area contributed by atoms with Crippen molar-refractivity contribution in [2.24, 2.45) is 47.3 Å². The number of hydrogen-bond acceptors (Lipinski definition) is 10. The van der Waals surface area contributed by atoms with Crippen LogP contribution in [0.1, 0.15) is 96.3 Å². The molecule has 10 nitrogen and oxygen atoms in total. The Morgan fingerprint density at radius 2 is 0.682 bits per heavy atom. The molecule has 17 atom stereocenters. The standard InChI is InChI=1S/C33H56N8O2.Ni/c42-16-43-24-15-7-14-23-25(24)33-40-31-22-13-6-5-12-21(22)29(38-31)36-27-18-9-2-1-8-17(18)26(34-27)35-28-19-10-3-4-11-20(19)30(37-28)39-32(23)41-33;/h16-41H,1-15H2;. The van der Waals surface area contributed by atoms with Gasteiger partial charge in [0.15, 0.2) is 0 Å². The summed E-state index contributed by atoms with van der Waals surface area (Å²) in [4.78, 5) is 11.6. The fraction of sp³-hybridized carbons (Fsp3) is 0.970. The molecular formula is C33H56N8NiO2. The summed E-state index contributed by atoms with van der Waals surface area (Å²) in [5.41, 5.74) is 0. The van der Waals surface area contributed by atoms with Crippen molar-refractivity contribution in [3.8, 4) is 0 Å². The van der Waals surface area contributed by atoms with Gasteiger partial charge in [-0.3, -0.25) is 47.3 Å². The number of hydrogen-bond donors (Lipinski definition) is 8. The zero-order valence-electron chi connectivity index (χ0n) is 26.1. The molecule has 0 aromatic heterocycles. The van der Waals surface area contributed by atoms with E-state index in [1.807, 2.05) is 0 Å². The summed E-state index contributed by atoms with van der Waals surface area (Å²) in [6.07, 6.45) is 21.5. The average molecular weight is 656 g/mol. The smallest absolute Gasteiger partial charge is 0.293 e. The topological polar surface area (TPSA) is 123 Å². The first-order valence-corrected chi connectivity index (χ1v) is 18.4. The van der Waals surface area contributed by atoms with E-state index in [0.717, 1.165) is 12.8 Å². The van der Waals surface area contributed by atoms with Gasteiger partial charge < -0.3 is 4.74 Å². The third kappa shape index (κ3) is 5.33. The van der Waals surface area contributed by atoms with Gasteiger partial charge in [-0.2, -0.15) is 0 Å². The summed E-state index contributed by atoms with van der Waals surface area (Å²) < 4.78 is 5.83. The first kappa shape index (κ1) is 30.9. The predicted octanol–water partition coefficient (Wildman–Crippen LogP) is 1.75. The van der Waals surface area contributed by atoms with Crippen molar-refractivity contribution in [1.29, 1.82) is 0 Å². The molecule has 8 N–H and O–H groups in total. The number of nitrogens with one attached hydrogen (secondary N) is 8. The molecule has 0 aromatic carbocycles. The third-order valence-electron chi connectivity index (χ3n) is 14.1. The maximum absolute atomic E-state index is 11.6. The van der Waals surface area contributed by atoms with Crippen molar-refractivity contribution in [3.05, 3.63) is 0 Å². The van der Waals surface area contributed by atoms with Gasteiger partial charge in [0.25, 0.3) is 6.47 Å². The second-order valence-corrected chi connectivity index (χ2v) is 15.9. The summed E-state index contributed by atoms with van der Waals surface area (Å²) in [6.45, 7) is 0.702. The molecule has 250 valence electrons. The van der Waals surface area contributed by atoms with E-state index < -0.39 is 0 Å². The van der Waals surface area contributed by atoms with Gasteiger partial charge in [-0.15, -0.1) is 0 Å². The molecular weight excluding hydrogens is 599 g/mol. The van der Waals surface area contributed by atoms with Gasteiger partial charge in [0.1, 0.15) is 6.10 Å². The van der Waals surface area contributed by atoms with Crippen LogP contribution in [-0.2, 0) is 26.0 Å². The molecule has 8 bridgehead atoms. The molecule has 44 heavy (non-hydrogen) atoms. The first-order valence-electron chi connectivity index (χ1n) is 18.4. The molecule has 4 aliphatic carbocycles. The van der Waals surface area contributed by atoms with Gasteiger partial charge >= 0.3 is 0 Å². The van der Waals surface area contributed by atoms with Crippen LogP contribution in [0, 0.1) is 47.3 Å². The largest absolute Gasteiger partial charge is 0.464 e. The number of carbonyl (C=O) groups is 1. The van der Waals surface area contributed by atoms with Crippen molar-refractivity contribution in [2.45, 2.75) is 152 Å². The number of ether oxygens (including phenoxy) is 1. The van der Waals surface area contributed by atoms with Gasteiger partial charge in [-0.1, -0.05) is 38.5 Å². The van der Waals surface area contributed by atoms with Crippen LogP contribution in [0.2, 0.25) is 0 Å². The molecule has 11 heteroatoms. The van der Waals surface area contributed by atoms with E-state index >= 15 is 0 Å². The Morgan fingerprint density at radius 3 is 1.02 bits per heavy atom. The Balaban J connectivity index is 0.00000289. The predicted molar refractivity (Wildman–Crippen MR) is 164 cm³/mol. The second-order valence-electron chi connectivity index (χ2n) is 15.9. The molecule has 0 aromatic rings. The maximum atomic E-state index is 11.6. The summed E-state index contributed by atoms with van der Waals surface area (Å²) in [6, 6.07) is 0. The van der Waals surface area contributed by atoms with Crippen molar-refractivity contribution in [2.75, 3.05) is 0 Å². The first-order chi connectivity index (χ1) is 21.2. The van der Waals surface area contributed by atoms with E-state index in [1.54, 1.807) is 0 Å². The van der Waals surface area contributed by atoms with Crippen LogP contribution in [0.15, 0.2) is 0 Å². The number of carbonyl (C=O) groups excluding carboxylic acids is 1. The summed E-state index contributed by atoms with van der Waals surface area (Å²) in [5.74, 6) is 4.71. The monoisotopic (exact) mass is 654 g/mol. The van der Waals surface area contributed by atoms with Crippen molar-refractivity contribution >= 4 is 6.47 Å². The zero-order valence-corrected chi connectivity index (χ0v) is 27.1. The molecule has 17 unspecified atom stereocenters. The Bertz CT molecular complexity index is 1020. The minimum absolute atomic E-state index is 0. The number of rotatable bonds is 2. The van der Waals surface area contributed by atoms with Crippen LogP contribution in [0.25, 0.3) is 0 Å². The van der Waals surface area contributed by atoms with Gasteiger partial charge in [-0.05, 0) is 99.2 Å². The van der Waals surface area contributed by atoms with E-state index in [4.69, 9.17) is 4.74 Å². The molecule has 9 aliphatic rings. The molecule has 9 fully saturated rings. The second kappa shape index (κ2) is 12.9. The van der Waals surface area contributed by atoms with Crippen LogP contribution in [0.4, 0.5) is 0 Å². The Morgan fingerprint density at radius 1 is 0.386 bits per heavy atom. The van der Waals surface area contributed by atoms with Crippen molar-refractivity contribution in [3.63, 3.8) is 0 Å². The molecule has 5 heterocycles. The Kier molecular flexibility index (Phi) is 9.09. The van der Waals surface area contributed by atoms with Gasteiger partial charge in [0, 0.05) is 22.4 Å². The average Bonchev–Trinajstić information content (AvgIpc) is 3.77. The molecule has 5 saturated heterocycles. The van der Waals surface area contributed by atoms with Gasteiger partial charge in [-0.25, -0.2) is 0 Å². The fourth-order valence-electron chi connectivity index (χ4n) is 12.2. The van der Waals surface area contributed by atoms with Crippen LogP contribution in [0.3, 0.4) is 0 Å². The van der Waals surface area contributed by atoms with E-state index in [-0.39, 0.29) is 47.0 Å². The summed E-state index contributed by atoms with van der Waals surface area (Å²) in [7, 11) is 0. The SMILES string of the molecule is O=COC1CCCC2C3NC4NC(NC5NC(NC6NC(NC(N3)C12)C1CCCCC61)C1CCCCC51)C1CCCCC41.[Ni]. The molecule has 0 amide bonds. The van der Waals surface area contributed by atoms with E-state index in [2.05, 4.69) is 42.5 Å². The normalized spacial score (nSPS) is 54.7. The quantitative estimate of drug-likeness (QED) is 0.165. The van der Waals surface area contributed by atoms with E-state index in [0.29, 0.717) is 78.7 Å². The van der Waals surface area contributed by atoms with Crippen LogP contribution >= 0.6 is 0 Å². The molecule has 0 spiro atoms. The van der Waals surface area contributed by atoms with E-state index in [1.165, 1.54) is 83.5 Å². The molecule has 4 saturated carbocycles. The minimum Gasteiger partial charge on any atom is -0.464 e. The maximum Gasteiger partial charge on any atom is 0.293 e. The summed E-state index contributed by atoms with van der Waals surface area (Å²) in [5, 5.41) is 33.3. The fourth-order valence-corrected chi connectivity index (χ4v) is 12.2. The van der Waals surface area contributed by atoms with Crippen molar-refractivity contribution < 1.29 is 26.0 Å². The molecule has 9 rings (SSSR count). The summed E-state index contributed by atoms with van der Waals surface area (Å²) >= 11 is 0. The zero-order chi connectivity index (χ0) is 28.5. The van der Waals surface area contributed by atoms with E-state index in [9.17, 15) is 4.79 Å². The Labute approximate surface area is 273 Å². The minimum atomic E-state index is -0.0239. The van der Waals surface area contributed by atoms with Crippen LogP contribution in [-0.4, -0.2) is 61.9 Å². The third-order valence-corrected chi connectivity index (χ3v) is 14.1. The molecule has 0 radical (unpaired) electrons. The Hall–Kier alpha value is -0.356.